The van der Waals surface area contributed by atoms with Gasteiger partial charge in [-0.3, -0.25) is 0 Å². The van der Waals surface area contributed by atoms with Gasteiger partial charge < -0.3 is 14.9 Å². The van der Waals surface area contributed by atoms with Crippen molar-refractivity contribution in [3.05, 3.63) is 57.4 Å². The monoisotopic (exact) mass is 306 g/mol. The van der Waals surface area contributed by atoms with Crippen LogP contribution in [0.3, 0.4) is 0 Å². The number of hydrogen-bond donors (Lipinski definition) is 2. The van der Waals surface area contributed by atoms with Crippen molar-refractivity contribution >= 4 is 23.3 Å². The van der Waals surface area contributed by atoms with E-state index in [2.05, 4.69) is 10.1 Å². The normalized spacial score (nSPS) is 11.5. The predicted octanol–water partition coefficient (Wildman–Crippen LogP) is 3.30. The van der Waals surface area contributed by atoms with E-state index in [1.807, 2.05) is 0 Å². The van der Waals surface area contributed by atoms with E-state index in [4.69, 9.17) is 16.3 Å². The van der Waals surface area contributed by atoms with E-state index in [0.29, 0.717) is 33.1 Å². The van der Waals surface area contributed by atoms with Crippen molar-refractivity contribution < 1.29 is 14.7 Å². The molecule has 0 fully saturated rings. The molecule has 0 unspecified atom stereocenters. The van der Waals surface area contributed by atoms with Gasteiger partial charge in [0.25, 0.3) is 0 Å². The average Bonchev–Trinajstić information content (AvgIpc) is 2.76. The van der Waals surface area contributed by atoms with Crippen LogP contribution < -0.4 is 0 Å². The van der Waals surface area contributed by atoms with Crippen molar-refractivity contribution in [1.82, 2.24) is 4.98 Å². The van der Waals surface area contributed by atoms with Gasteiger partial charge in [-0.15, -0.1) is 0 Å². The highest BCUT2D eigenvalue weighted by molar-refractivity contribution is 6.36. The third-order valence-electron chi connectivity index (χ3n) is 3.23. The van der Waals surface area contributed by atoms with Gasteiger partial charge in [0.2, 0.25) is 0 Å². The van der Waals surface area contributed by atoms with Crippen LogP contribution in [0, 0.1) is 13.8 Å². The van der Waals surface area contributed by atoms with Crippen LogP contribution in [-0.2, 0) is 4.74 Å². The summed E-state index contributed by atoms with van der Waals surface area (Å²) in [5.74, 6) is -0.500. The number of rotatable bonds is 3. The first-order valence-electron chi connectivity index (χ1n) is 6.26. The molecule has 2 aromatic rings. The predicted molar refractivity (Wildman–Crippen MR) is 80.5 cm³/mol. The van der Waals surface area contributed by atoms with E-state index < -0.39 is 5.97 Å². The van der Waals surface area contributed by atoms with Crippen LogP contribution in [0.2, 0.25) is 5.02 Å². The summed E-state index contributed by atoms with van der Waals surface area (Å²) >= 11 is 6.15. The smallest absolute Gasteiger partial charge is 0.340 e. The number of benzene rings is 1. The van der Waals surface area contributed by atoms with E-state index in [1.54, 1.807) is 38.1 Å². The van der Waals surface area contributed by atoms with Crippen LogP contribution in [0.5, 0.6) is 0 Å². The lowest BCUT2D eigenvalue weighted by Gasteiger charge is -2.09. The topological polar surface area (TPSA) is 74.7 Å². The molecule has 2 rings (SSSR count). The van der Waals surface area contributed by atoms with Gasteiger partial charge in [0.05, 0.1) is 17.7 Å². The first-order chi connectivity index (χ1) is 10.0. The summed E-state index contributed by atoms with van der Waals surface area (Å²) in [6.45, 7) is 3.54. The summed E-state index contributed by atoms with van der Waals surface area (Å²) in [6, 6.07) is 6.96. The van der Waals surface area contributed by atoms with Crippen LogP contribution in [-0.4, -0.2) is 29.0 Å². The van der Waals surface area contributed by atoms with E-state index in [0.717, 1.165) is 0 Å². The number of carbonyl (C=O) groups is 1. The number of nitrogens with one attached hydrogen (secondary N) is 1. The number of H-pyrrole nitrogens is 1. The molecule has 0 radical (unpaired) electrons. The molecular weight excluding hydrogens is 292 g/mol. The van der Waals surface area contributed by atoms with Crippen LogP contribution >= 0.6 is 11.6 Å². The lowest BCUT2D eigenvalue weighted by Crippen LogP contribution is -2.12. The molecule has 1 aromatic heterocycles. The minimum absolute atomic E-state index is 0.225. The number of aromatic nitrogens is 1. The van der Waals surface area contributed by atoms with Crippen LogP contribution in [0.15, 0.2) is 29.4 Å². The molecule has 0 aliphatic carbocycles. The molecule has 0 atom stereocenters. The third kappa shape index (κ3) is 2.64. The maximum atomic E-state index is 12.0. The largest absolute Gasteiger partial charge is 0.465 e. The molecule has 110 valence electrons. The minimum Gasteiger partial charge on any atom is -0.465 e. The maximum absolute atomic E-state index is 12.0. The summed E-state index contributed by atoms with van der Waals surface area (Å²) < 4.78 is 4.80. The molecule has 0 aliphatic rings. The summed E-state index contributed by atoms with van der Waals surface area (Å²) in [7, 11) is 1.30. The molecule has 1 heterocycles. The highest BCUT2D eigenvalue weighted by atomic mass is 35.5. The van der Waals surface area contributed by atoms with Crippen LogP contribution in [0.25, 0.3) is 0 Å². The highest BCUT2D eigenvalue weighted by Gasteiger charge is 2.25. The molecule has 21 heavy (non-hydrogen) atoms. The first kappa shape index (κ1) is 15.1. The zero-order chi connectivity index (χ0) is 15.6. The first-order valence-corrected chi connectivity index (χ1v) is 6.63. The Hall–Kier alpha value is -2.27. The molecule has 0 saturated carbocycles. The average molecular weight is 307 g/mol. The van der Waals surface area contributed by atoms with Crippen LogP contribution in [0.4, 0.5) is 0 Å². The molecule has 0 aliphatic heterocycles. The summed E-state index contributed by atoms with van der Waals surface area (Å²) in [4.78, 5) is 15.1. The number of carbonyl (C=O) groups excluding carboxylic acids is 1. The van der Waals surface area contributed by atoms with Gasteiger partial charge in [-0.1, -0.05) is 35.0 Å². The van der Waals surface area contributed by atoms with Gasteiger partial charge >= 0.3 is 5.97 Å². The molecular formula is C15H15ClN2O3. The summed E-state index contributed by atoms with van der Waals surface area (Å²) in [6.07, 6.45) is 0. The second kappa shape index (κ2) is 6.01. The summed E-state index contributed by atoms with van der Waals surface area (Å²) in [5, 5.41) is 13.2. The maximum Gasteiger partial charge on any atom is 0.340 e. The second-order valence-electron chi connectivity index (χ2n) is 4.55. The second-order valence-corrected chi connectivity index (χ2v) is 4.95. The van der Waals surface area contributed by atoms with E-state index in [9.17, 15) is 10.0 Å². The lowest BCUT2D eigenvalue weighted by molar-refractivity contribution is 0.0600. The fourth-order valence-electron chi connectivity index (χ4n) is 2.33. The fraction of sp³-hybridized carbons (Fsp3) is 0.200. The Morgan fingerprint density at radius 3 is 2.43 bits per heavy atom. The third-order valence-corrected chi connectivity index (χ3v) is 3.56. The van der Waals surface area contributed by atoms with Crippen molar-refractivity contribution in [2.24, 2.45) is 5.16 Å². The van der Waals surface area contributed by atoms with Gasteiger partial charge in [0.1, 0.15) is 5.71 Å². The number of oxime groups is 1. The van der Waals surface area contributed by atoms with Crippen LogP contribution in [0.1, 0.15) is 32.9 Å². The Morgan fingerprint density at radius 2 is 1.86 bits per heavy atom. The van der Waals surface area contributed by atoms with Gasteiger partial charge in [0, 0.05) is 22.5 Å². The number of esters is 1. The number of hydrogen-bond acceptors (Lipinski definition) is 4. The van der Waals surface area contributed by atoms with E-state index >= 15 is 0 Å². The van der Waals surface area contributed by atoms with Gasteiger partial charge in [-0.25, -0.2) is 4.79 Å². The fourth-order valence-corrected chi connectivity index (χ4v) is 2.55. The summed E-state index contributed by atoms with van der Waals surface area (Å²) in [5.41, 5.74) is 2.91. The van der Waals surface area contributed by atoms with Gasteiger partial charge in [-0.2, -0.15) is 0 Å². The van der Waals surface area contributed by atoms with Crippen molar-refractivity contribution in [1.29, 1.82) is 0 Å². The number of halogens is 1. The van der Waals surface area contributed by atoms with Crippen molar-refractivity contribution in [2.45, 2.75) is 13.8 Å². The molecule has 6 heteroatoms. The molecule has 5 nitrogen and oxygen atoms in total. The lowest BCUT2D eigenvalue weighted by atomic mass is 9.98. The Labute approximate surface area is 127 Å². The molecule has 1 aromatic carbocycles. The molecule has 0 bridgehead atoms. The molecule has 0 spiro atoms. The highest BCUT2D eigenvalue weighted by Crippen LogP contribution is 2.26. The Morgan fingerprint density at radius 1 is 1.24 bits per heavy atom. The molecule has 0 amide bonds. The zero-order valence-electron chi connectivity index (χ0n) is 11.9. The quantitative estimate of drug-likeness (QED) is 0.395. The van der Waals surface area contributed by atoms with E-state index in [1.165, 1.54) is 7.11 Å². The Kier molecular flexibility index (Phi) is 4.33. The van der Waals surface area contributed by atoms with Crippen molar-refractivity contribution in [2.75, 3.05) is 7.11 Å². The number of nitrogens with zero attached hydrogens (tertiary/aromatic N) is 1. The number of aromatic amines is 1. The van der Waals surface area contributed by atoms with Crippen molar-refractivity contribution in [3.8, 4) is 0 Å². The molecule has 2 N–H and O–H groups in total. The van der Waals surface area contributed by atoms with Gasteiger partial charge in [0.15, 0.2) is 0 Å². The Bertz CT molecular complexity index is 720. The van der Waals surface area contributed by atoms with Crippen molar-refractivity contribution in [3.63, 3.8) is 0 Å². The number of methoxy groups -OCH3 is 1. The number of ether oxygens (including phenoxy) is 1. The Balaban J connectivity index is 2.70. The number of aryl methyl sites for hydroxylation is 2. The van der Waals surface area contributed by atoms with Gasteiger partial charge in [-0.05, 0) is 19.9 Å². The van der Waals surface area contributed by atoms with E-state index in [-0.39, 0.29) is 5.71 Å². The standard InChI is InChI=1S/C15H15ClN2O3/c1-8-12(13(9(2)17-8)15(19)21-3)14(18-20)10-6-4-5-7-11(10)16/h4-7,17,20H,1-3H3/b18-14-. The molecule has 0 saturated heterocycles. The SMILES string of the molecule is COC(=O)c1c(C)[nH]c(C)c1/C(=N\O)c1ccccc1Cl. The minimum atomic E-state index is -0.500. The zero-order valence-corrected chi connectivity index (χ0v) is 12.7.